The van der Waals surface area contributed by atoms with Gasteiger partial charge in [0.05, 0.1) is 17.7 Å². The quantitative estimate of drug-likeness (QED) is 0.862. The van der Waals surface area contributed by atoms with E-state index in [1.54, 1.807) is 31.2 Å². The van der Waals surface area contributed by atoms with Crippen LogP contribution in [0.15, 0.2) is 28.7 Å². The van der Waals surface area contributed by atoms with Crippen molar-refractivity contribution in [3.05, 3.63) is 30.2 Å². The Morgan fingerprint density at radius 2 is 2.00 bits per heavy atom. The molecule has 1 heterocycles. The number of benzene rings is 1. The summed E-state index contributed by atoms with van der Waals surface area (Å²) in [6.07, 6.45) is -0.305. The number of nitrogens with one attached hydrogen (secondary N) is 1. The number of rotatable bonds is 5. The lowest BCUT2D eigenvalue weighted by Gasteiger charge is -2.07. The molecule has 20 heavy (non-hydrogen) atoms. The highest BCUT2D eigenvalue weighted by molar-refractivity contribution is 5.95. The lowest BCUT2D eigenvalue weighted by Crippen LogP contribution is -2.13. The van der Waals surface area contributed by atoms with Crippen LogP contribution in [0.1, 0.15) is 18.7 Å². The van der Waals surface area contributed by atoms with Gasteiger partial charge in [-0.3, -0.25) is 9.59 Å². The number of aromatic nitrogens is 2. The summed E-state index contributed by atoms with van der Waals surface area (Å²) in [5, 5.41) is 18.8. The molecule has 7 nitrogen and oxygen atoms in total. The summed E-state index contributed by atoms with van der Waals surface area (Å²) < 4.78 is 5.32. The average Bonchev–Trinajstić information content (AvgIpc) is 2.83. The number of hydrogen-bond donors (Lipinski definition) is 2. The van der Waals surface area contributed by atoms with Gasteiger partial charge in [0.15, 0.2) is 0 Å². The van der Waals surface area contributed by atoms with Crippen molar-refractivity contribution in [3.63, 3.8) is 0 Å². The van der Waals surface area contributed by atoms with Crippen LogP contribution in [0.3, 0.4) is 0 Å². The van der Waals surface area contributed by atoms with Gasteiger partial charge in [0.1, 0.15) is 0 Å². The summed E-state index contributed by atoms with van der Waals surface area (Å²) in [4.78, 5) is 22.1. The molecule has 0 saturated heterocycles. The topological polar surface area (TPSA) is 105 Å². The second-order valence-corrected chi connectivity index (χ2v) is 4.11. The van der Waals surface area contributed by atoms with Crippen molar-refractivity contribution in [1.82, 2.24) is 10.2 Å². The van der Waals surface area contributed by atoms with Gasteiger partial charge in [-0.1, -0.05) is 12.1 Å². The van der Waals surface area contributed by atoms with E-state index in [4.69, 9.17) is 9.52 Å². The van der Waals surface area contributed by atoms with E-state index >= 15 is 0 Å². The molecule has 0 spiro atoms. The Hall–Kier alpha value is -2.70. The van der Waals surface area contributed by atoms with E-state index in [9.17, 15) is 9.59 Å². The molecule has 0 aliphatic rings. The molecular formula is C13H13N3O4. The molecule has 2 N–H and O–H groups in total. The first kappa shape index (κ1) is 13.7. The van der Waals surface area contributed by atoms with E-state index < -0.39 is 5.97 Å². The van der Waals surface area contributed by atoms with E-state index in [2.05, 4.69) is 15.5 Å². The smallest absolute Gasteiger partial charge is 0.303 e. The van der Waals surface area contributed by atoms with E-state index in [1.807, 2.05) is 0 Å². The van der Waals surface area contributed by atoms with E-state index in [-0.39, 0.29) is 18.7 Å². The maximum atomic E-state index is 11.7. The maximum absolute atomic E-state index is 11.7. The van der Waals surface area contributed by atoms with Crippen LogP contribution in [0.4, 0.5) is 5.69 Å². The number of carboxylic acids is 1. The number of aliphatic carboxylic acids is 1. The lowest BCUT2D eigenvalue weighted by atomic mass is 10.1. The SMILES string of the molecule is Cc1nnc(-c2ccccc2NC(=O)CCC(=O)O)o1. The fraction of sp³-hybridized carbons (Fsp3) is 0.231. The van der Waals surface area contributed by atoms with Gasteiger partial charge in [0.25, 0.3) is 0 Å². The molecule has 0 aliphatic heterocycles. The van der Waals surface area contributed by atoms with Crippen molar-refractivity contribution >= 4 is 17.6 Å². The molecule has 0 bridgehead atoms. The van der Waals surface area contributed by atoms with Crippen LogP contribution >= 0.6 is 0 Å². The van der Waals surface area contributed by atoms with Gasteiger partial charge in [-0.2, -0.15) is 0 Å². The van der Waals surface area contributed by atoms with Crippen molar-refractivity contribution in [2.24, 2.45) is 0 Å². The molecule has 0 saturated carbocycles. The fourth-order valence-electron chi connectivity index (χ4n) is 1.62. The number of anilines is 1. The summed E-state index contributed by atoms with van der Waals surface area (Å²) in [5.41, 5.74) is 1.10. The number of aryl methyl sites for hydroxylation is 1. The third-order valence-corrected chi connectivity index (χ3v) is 2.52. The van der Waals surface area contributed by atoms with Gasteiger partial charge < -0.3 is 14.8 Å². The second kappa shape index (κ2) is 5.96. The molecule has 104 valence electrons. The average molecular weight is 275 g/mol. The van der Waals surface area contributed by atoms with Crippen LogP contribution in [0.2, 0.25) is 0 Å². The highest BCUT2D eigenvalue weighted by Gasteiger charge is 2.13. The largest absolute Gasteiger partial charge is 0.481 e. The Morgan fingerprint density at radius 3 is 2.65 bits per heavy atom. The van der Waals surface area contributed by atoms with Crippen LogP contribution < -0.4 is 5.32 Å². The number of amides is 1. The Labute approximate surface area is 114 Å². The lowest BCUT2D eigenvalue weighted by molar-refractivity contribution is -0.138. The van der Waals surface area contributed by atoms with Crippen LogP contribution in [-0.2, 0) is 9.59 Å². The summed E-state index contributed by atoms with van der Waals surface area (Å²) >= 11 is 0. The molecule has 2 aromatic rings. The maximum Gasteiger partial charge on any atom is 0.303 e. The first-order chi connectivity index (χ1) is 9.56. The summed E-state index contributed by atoms with van der Waals surface area (Å²) in [6, 6.07) is 6.95. The number of nitrogens with zero attached hydrogens (tertiary/aromatic N) is 2. The highest BCUT2D eigenvalue weighted by Crippen LogP contribution is 2.26. The van der Waals surface area contributed by atoms with Crippen molar-refractivity contribution in [1.29, 1.82) is 0 Å². The van der Waals surface area contributed by atoms with Gasteiger partial charge >= 0.3 is 5.97 Å². The van der Waals surface area contributed by atoms with Crippen LogP contribution in [0, 0.1) is 6.92 Å². The molecule has 1 aromatic carbocycles. The monoisotopic (exact) mass is 275 g/mol. The first-order valence-electron chi connectivity index (χ1n) is 5.97. The standard InChI is InChI=1S/C13H13N3O4/c1-8-15-16-13(20-8)9-4-2-3-5-10(9)14-11(17)6-7-12(18)19/h2-5H,6-7H2,1H3,(H,14,17)(H,18,19). The van der Waals surface area contributed by atoms with E-state index in [0.717, 1.165) is 0 Å². The summed E-state index contributed by atoms with van der Waals surface area (Å²) in [5.74, 6) is -0.666. The zero-order valence-electron chi connectivity index (χ0n) is 10.8. The molecular weight excluding hydrogens is 262 g/mol. The molecule has 0 atom stereocenters. The Bertz CT molecular complexity index is 636. The first-order valence-corrected chi connectivity index (χ1v) is 5.97. The number of carboxylic acid groups (broad SMARTS) is 1. The van der Waals surface area contributed by atoms with Crippen LogP contribution in [0.25, 0.3) is 11.5 Å². The predicted octanol–water partition coefficient (Wildman–Crippen LogP) is 1.85. The number of carbonyl (C=O) groups is 2. The summed E-state index contributed by atoms with van der Waals surface area (Å²) in [7, 11) is 0. The Morgan fingerprint density at radius 1 is 1.25 bits per heavy atom. The number of carbonyl (C=O) groups excluding carboxylic acids is 1. The minimum atomic E-state index is -1.01. The van der Waals surface area contributed by atoms with Gasteiger partial charge in [-0.15, -0.1) is 10.2 Å². The molecule has 0 radical (unpaired) electrons. The number of para-hydroxylation sites is 1. The van der Waals surface area contributed by atoms with Crippen molar-refractivity contribution in [3.8, 4) is 11.5 Å². The minimum Gasteiger partial charge on any atom is -0.481 e. The zero-order chi connectivity index (χ0) is 14.5. The van der Waals surface area contributed by atoms with E-state index in [1.165, 1.54) is 0 Å². The van der Waals surface area contributed by atoms with Crippen molar-refractivity contribution < 1.29 is 19.1 Å². The minimum absolute atomic E-state index is 0.0907. The molecule has 1 aromatic heterocycles. The Balaban J connectivity index is 2.16. The van der Waals surface area contributed by atoms with Gasteiger partial charge in [0, 0.05) is 13.3 Å². The molecule has 0 unspecified atom stereocenters. The van der Waals surface area contributed by atoms with Gasteiger partial charge in [0.2, 0.25) is 17.7 Å². The number of hydrogen-bond acceptors (Lipinski definition) is 5. The molecule has 2 rings (SSSR count). The third-order valence-electron chi connectivity index (χ3n) is 2.52. The summed E-state index contributed by atoms with van der Waals surface area (Å²) in [6.45, 7) is 1.67. The molecule has 1 amide bonds. The van der Waals surface area contributed by atoms with Crippen LogP contribution in [0.5, 0.6) is 0 Å². The predicted molar refractivity (Wildman–Crippen MR) is 70.0 cm³/mol. The molecule has 7 heteroatoms. The highest BCUT2D eigenvalue weighted by atomic mass is 16.4. The second-order valence-electron chi connectivity index (χ2n) is 4.11. The molecule has 0 fully saturated rings. The van der Waals surface area contributed by atoms with Crippen molar-refractivity contribution in [2.45, 2.75) is 19.8 Å². The van der Waals surface area contributed by atoms with E-state index in [0.29, 0.717) is 23.0 Å². The zero-order valence-corrected chi connectivity index (χ0v) is 10.8. The normalized spacial score (nSPS) is 10.2. The fourth-order valence-corrected chi connectivity index (χ4v) is 1.62. The van der Waals surface area contributed by atoms with Crippen LogP contribution in [-0.4, -0.2) is 27.2 Å². The van der Waals surface area contributed by atoms with Gasteiger partial charge in [-0.05, 0) is 12.1 Å². The molecule has 0 aliphatic carbocycles. The van der Waals surface area contributed by atoms with Crippen molar-refractivity contribution in [2.75, 3.05) is 5.32 Å². The third kappa shape index (κ3) is 3.41. The van der Waals surface area contributed by atoms with Gasteiger partial charge in [-0.25, -0.2) is 0 Å². The Kier molecular flexibility index (Phi) is 4.09.